The number of nitriles is 1. The Hall–Kier alpha value is -0.410. The molecule has 1 aliphatic heterocycles. The van der Waals surface area contributed by atoms with Gasteiger partial charge in [-0.3, -0.25) is 5.32 Å². The van der Waals surface area contributed by atoms with E-state index in [1.165, 1.54) is 11.8 Å². The third-order valence-electron chi connectivity index (χ3n) is 2.46. The van der Waals surface area contributed by atoms with Gasteiger partial charge in [-0.2, -0.15) is 30.2 Å². The van der Waals surface area contributed by atoms with Crippen LogP contribution in [0.15, 0.2) is 0 Å². The van der Waals surface area contributed by atoms with Crippen molar-refractivity contribution in [1.82, 2.24) is 5.32 Å². The normalized spacial score (nSPS) is 29.8. The third kappa shape index (κ3) is 3.87. The molecule has 0 spiro atoms. The molecule has 0 aliphatic carbocycles. The Morgan fingerprint density at radius 2 is 2.00 bits per heavy atom. The van der Waals surface area contributed by atoms with Crippen molar-refractivity contribution < 1.29 is 13.2 Å². The first-order valence-electron chi connectivity index (χ1n) is 4.99. The first-order chi connectivity index (χ1) is 7.18. The van der Waals surface area contributed by atoms with Gasteiger partial charge in [0.05, 0.1) is 12.6 Å². The molecule has 16 heavy (non-hydrogen) atoms. The minimum Gasteiger partial charge on any atom is -0.290 e. The number of hydrogen-bond donors (Lipinski definition) is 1. The van der Waals surface area contributed by atoms with Gasteiger partial charge in [-0.15, -0.1) is 0 Å². The molecule has 0 aromatic heterocycles. The van der Waals surface area contributed by atoms with Crippen molar-refractivity contribution in [3.63, 3.8) is 0 Å². The fourth-order valence-corrected chi connectivity index (χ4v) is 3.29. The lowest BCUT2D eigenvalue weighted by Crippen LogP contribution is -2.54. The summed E-state index contributed by atoms with van der Waals surface area (Å²) in [4.78, 5) is 0. The minimum atomic E-state index is -4.27. The lowest BCUT2D eigenvalue weighted by atomic mass is 9.80. The molecular formula is C10H15F3N2S. The highest BCUT2D eigenvalue weighted by Gasteiger charge is 2.42. The smallest absolute Gasteiger partial charge is 0.290 e. The van der Waals surface area contributed by atoms with Crippen molar-refractivity contribution >= 4 is 11.8 Å². The molecule has 0 amide bonds. The summed E-state index contributed by atoms with van der Waals surface area (Å²) in [5.74, 6) is 1.30. The predicted molar refractivity (Wildman–Crippen MR) is 58.1 cm³/mol. The van der Waals surface area contributed by atoms with Gasteiger partial charge < -0.3 is 0 Å². The summed E-state index contributed by atoms with van der Waals surface area (Å²) in [6, 6.07) is 2.01. The van der Waals surface area contributed by atoms with E-state index in [1.807, 2.05) is 19.9 Å². The van der Waals surface area contributed by atoms with E-state index in [0.29, 0.717) is 12.2 Å². The molecule has 1 aliphatic rings. The Morgan fingerprint density at radius 3 is 2.44 bits per heavy atom. The first kappa shape index (κ1) is 13.7. The fourth-order valence-electron chi connectivity index (χ4n) is 1.91. The van der Waals surface area contributed by atoms with E-state index in [1.54, 1.807) is 0 Å². The highest BCUT2D eigenvalue weighted by Crippen LogP contribution is 2.39. The molecule has 1 unspecified atom stereocenters. The van der Waals surface area contributed by atoms with Crippen LogP contribution in [0, 0.1) is 16.7 Å². The van der Waals surface area contributed by atoms with Crippen LogP contribution in [0.2, 0.25) is 0 Å². The highest BCUT2D eigenvalue weighted by atomic mass is 32.2. The minimum absolute atomic E-state index is 0.1000. The number of nitrogens with one attached hydrogen (secondary N) is 1. The molecule has 92 valence electrons. The molecule has 0 aromatic rings. The number of nitrogens with zero attached hydrogens (tertiary/aromatic N) is 1. The molecule has 1 heterocycles. The standard InChI is InChI=1S/C10H15F3N2S/c1-8(2)3-9(4-14,7-16-6-8)15-5-10(11,12)13/h15H,3,5-7H2,1-2H3. The van der Waals surface area contributed by atoms with E-state index in [0.717, 1.165) is 5.75 Å². The maximum atomic E-state index is 12.1. The SMILES string of the molecule is CC1(C)CSCC(C#N)(NCC(F)(F)F)C1. The van der Waals surface area contributed by atoms with Crippen molar-refractivity contribution in [3.8, 4) is 6.07 Å². The van der Waals surface area contributed by atoms with E-state index in [-0.39, 0.29) is 5.41 Å². The largest absolute Gasteiger partial charge is 0.401 e. The summed E-state index contributed by atoms with van der Waals surface area (Å²) in [5.41, 5.74) is -1.14. The molecule has 2 nitrogen and oxygen atoms in total. The molecule has 1 N–H and O–H groups in total. The average Bonchev–Trinajstić information content (AvgIpc) is 2.12. The molecule has 0 bridgehead atoms. The van der Waals surface area contributed by atoms with Crippen LogP contribution < -0.4 is 5.32 Å². The molecule has 1 fully saturated rings. The highest BCUT2D eigenvalue weighted by molar-refractivity contribution is 7.99. The van der Waals surface area contributed by atoms with Crippen LogP contribution in [-0.2, 0) is 0 Å². The summed E-state index contributed by atoms with van der Waals surface area (Å²) in [6.45, 7) is 2.85. The number of thioether (sulfide) groups is 1. The monoisotopic (exact) mass is 252 g/mol. The van der Waals surface area contributed by atoms with Gasteiger partial charge in [0, 0.05) is 5.75 Å². The van der Waals surface area contributed by atoms with E-state index in [9.17, 15) is 13.2 Å². The topological polar surface area (TPSA) is 35.8 Å². The summed E-state index contributed by atoms with van der Waals surface area (Å²) in [6.07, 6.45) is -3.81. The molecular weight excluding hydrogens is 237 g/mol. The van der Waals surface area contributed by atoms with Crippen molar-refractivity contribution in [1.29, 1.82) is 5.26 Å². The molecule has 0 radical (unpaired) electrons. The zero-order chi connectivity index (χ0) is 12.4. The molecule has 0 saturated carbocycles. The van der Waals surface area contributed by atoms with E-state index in [2.05, 4.69) is 5.32 Å². The Bertz CT molecular complexity index is 295. The second-order valence-corrected chi connectivity index (χ2v) is 5.98. The Labute approximate surface area is 97.6 Å². The lowest BCUT2D eigenvalue weighted by Gasteiger charge is -2.40. The van der Waals surface area contributed by atoms with Crippen LogP contribution in [0.1, 0.15) is 20.3 Å². The number of alkyl halides is 3. The quantitative estimate of drug-likeness (QED) is 0.820. The molecule has 1 atom stereocenters. The number of hydrogen-bond acceptors (Lipinski definition) is 3. The van der Waals surface area contributed by atoms with Crippen molar-refractivity contribution in [2.75, 3.05) is 18.1 Å². The maximum absolute atomic E-state index is 12.1. The van der Waals surface area contributed by atoms with Gasteiger partial charge >= 0.3 is 6.18 Å². The Balaban J connectivity index is 2.68. The van der Waals surface area contributed by atoms with Crippen LogP contribution in [0.25, 0.3) is 0 Å². The van der Waals surface area contributed by atoms with Crippen molar-refractivity contribution in [2.24, 2.45) is 5.41 Å². The second-order valence-electron chi connectivity index (χ2n) is 5.00. The van der Waals surface area contributed by atoms with E-state index >= 15 is 0 Å². The summed E-state index contributed by atoms with van der Waals surface area (Å²) in [7, 11) is 0. The number of halogens is 3. The van der Waals surface area contributed by atoms with Gasteiger partial charge in [0.2, 0.25) is 0 Å². The molecule has 6 heteroatoms. The summed E-state index contributed by atoms with van der Waals surface area (Å²) < 4.78 is 36.4. The second kappa shape index (κ2) is 4.46. The molecule has 1 saturated heterocycles. The lowest BCUT2D eigenvalue weighted by molar-refractivity contribution is -0.127. The van der Waals surface area contributed by atoms with Crippen LogP contribution >= 0.6 is 11.8 Å². The Kier molecular flexibility index (Phi) is 3.80. The zero-order valence-corrected chi connectivity index (χ0v) is 10.1. The third-order valence-corrected chi connectivity index (χ3v) is 4.15. The fraction of sp³-hybridized carbons (Fsp3) is 0.900. The van der Waals surface area contributed by atoms with Crippen LogP contribution in [0.3, 0.4) is 0 Å². The Morgan fingerprint density at radius 1 is 1.38 bits per heavy atom. The van der Waals surface area contributed by atoms with Crippen LogP contribution in [0.4, 0.5) is 13.2 Å². The number of rotatable bonds is 2. The van der Waals surface area contributed by atoms with Gasteiger partial charge in [0.25, 0.3) is 0 Å². The van der Waals surface area contributed by atoms with Gasteiger partial charge in [0.1, 0.15) is 5.54 Å². The van der Waals surface area contributed by atoms with Crippen LogP contribution in [-0.4, -0.2) is 29.8 Å². The van der Waals surface area contributed by atoms with Crippen LogP contribution in [0.5, 0.6) is 0 Å². The average molecular weight is 252 g/mol. The van der Waals surface area contributed by atoms with Gasteiger partial charge in [0.15, 0.2) is 0 Å². The predicted octanol–water partition coefficient (Wildman–Crippen LogP) is 2.56. The van der Waals surface area contributed by atoms with E-state index < -0.39 is 18.3 Å². The molecule has 0 aromatic carbocycles. The van der Waals surface area contributed by atoms with Crippen molar-refractivity contribution in [2.45, 2.75) is 32.0 Å². The van der Waals surface area contributed by atoms with Gasteiger partial charge in [-0.25, -0.2) is 0 Å². The summed E-state index contributed by atoms with van der Waals surface area (Å²) in [5, 5.41) is 11.5. The zero-order valence-electron chi connectivity index (χ0n) is 9.32. The maximum Gasteiger partial charge on any atom is 0.401 e. The van der Waals surface area contributed by atoms with Gasteiger partial charge in [-0.05, 0) is 17.6 Å². The van der Waals surface area contributed by atoms with Crippen molar-refractivity contribution in [3.05, 3.63) is 0 Å². The van der Waals surface area contributed by atoms with E-state index in [4.69, 9.17) is 5.26 Å². The first-order valence-corrected chi connectivity index (χ1v) is 6.14. The summed E-state index contributed by atoms with van der Waals surface area (Å²) >= 11 is 1.53. The molecule has 1 rings (SSSR count). The van der Waals surface area contributed by atoms with Gasteiger partial charge in [-0.1, -0.05) is 13.8 Å².